The molecular formula is C22H28N4O4S. The molecule has 0 saturated carbocycles. The van der Waals surface area contributed by atoms with E-state index in [-0.39, 0.29) is 16.8 Å². The Morgan fingerprint density at radius 1 is 1.10 bits per heavy atom. The van der Waals surface area contributed by atoms with Crippen LogP contribution in [-0.4, -0.2) is 64.7 Å². The van der Waals surface area contributed by atoms with Crippen LogP contribution in [-0.2, 0) is 21.3 Å². The van der Waals surface area contributed by atoms with Crippen LogP contribution in [0.25, 0.3) is 0 Å². The molecule has 2 aliphatic heterocycles. The second kappa shape index (κ2) is 9.35. The van der Waals surface area contributed by atoms with E-state index in [1.165, 1.54) is 17.7 Å². The zero-order valence-electron chi connectivity index (χ0n) is 17.4. The van der Waals surface area contributed by atoms with Crippen LogP contribution in [0.3, 0.4) is 0 Å². The second-order valence-corrected chi connectivity index (χ2v) is 9.56. The van der Waals surface area contributed by atoms with Gasteiger partial charge < -0.3 is 15.0 Å². The van der Waals surface area contributed by atoms with Crippen LogP contribution >= 0.6 is 0 Å². The van der Waals surface area contributed by atoms with Gasteiger partial charge in [-0.3, -0.25) is 9.69 Å². The zero-order valence-corrected chi connectivity index (χ0v) is 18.2. The van der Waals surface area contributed by atoms with Crippen LogP contribution in [0.4, 0.5) is 5.69 Å². The van der Waals surface area contributed by atoms with Crippen LogP contribution in [0.5, 0.6) is 0 Å². The molecule has 2 saturated heterocycles. The molecule has 2 aromatic rings. The molecule has 0 aliphatic carbocycles. The van der Waals surface area contributed by atoms with Crippen LogP contribution in [0.1, 0.15) is 22.3 Å². The van der Waals surface area contributed by atoms with Crippen LogP contribution in [0, 0.1) is 0 Å². The third kappa shape index (κ3) is 5.43. The first kappa shape index (κ1) is 21.8. The Labute approximate surface area is 183 Å². The molecule has 0 spiro atoms. The van der Waals surface area contributed by atoms with Crippen molar-refractivity contribution in [1.82, 2.24) is 10.2 Å². The van der Waals surface area contributed by atoms with Gasteiger partial charge in [-0.25, -0.2) is 13.6 Å². The predicted molar refractivity (Wildman–Crippen MR) is 118 cm³/mol. The number of rotatable bonds is 6. The fourth-order valence-corrected chi connectivity index (χ4v) is 4.69. The number of sulfonamides is 1. The van der Waals surface area contributed by atoms with Gasteiger partial charge in [-0.05, 0) is 30.2 Å². The highest BCUT2D eigenvalue weighted by Crippen LogP contribution is 2.25. The summed E-state index contributed by atoms with van der Waals surface area (Å²) in [6.45, 7) is 4.90. The van der Waals surface area contributed by atoms with Gasteiger partial charge in [-0.1, -0.05) is 30.3 Å². The molecule has 8 nitrogen and oxygen atoms in total. The minimum atomic E-state index is -3.91. The molecule has 166 valence electrons. The number of hydrogen-bond donors (Lipinski definition) is 2. The molecule has 0 bridgehead atoms. The lowest BCUT2D eigenvalue weighted by atomic mass is 10.1. The minimum Gasteiger partial charge on any atom is -0.378 e. The van der Waals surface area contributed by atoms with Crippen molar-refractivity contribution in [1.29, 1.82) is 0 Å². The van der Waals surface area contributed by atoms with Crippen LogP contribution in [0.15, 0.2) is 53.4 Å². The highest BCUT2D eigenvalue weighted by molar-refractivity contribution is 7.89. The number of anilines is 1. The standard InChI is InChI=1S/C22H28N4O4S/c23-31(28,29)19-6-7-21(26-10-12-30-13-11-26)20(14-19)22(27)24-18-8-9-25(16-18)15-17-4-2-1-3-5-17/h1-7,14,18H,8-13,15-16H2,(H,24,27)(H2,23,28,29). The highest BCUT2D eigenvalue weighted by atomic mass is 32.2. The third-order valence-electron chi connectivity index (χ3n) is 5.75. The van der Waals surface area contributed by atoms with Gasteiger partial charge in [0.15, 0.2) is 0 Å². The van der Waals surface area contributed by atoms with Gasteiger partial charge in [-0.2, -0.15) is 0 Å². The Bertz CT molecular complexity index is 1020. The van der Waals surface area contributed by atoms with Gasteiger partial charge in [0.2, 0.25) is 10.0 Å². The molecule has 31 heavy (non-hydrogen) atoms. The number of carbonyl (C=O) groups excluding carboxylic acids is 1. The van der Waals surface area contributed by atoms with Crippen molar-refractivity contribution in [2.75, 3.05) is 44.3 Å². The van der Waals surface area contributed by atoms with Crippen molar-refractivity contribution in [3.05, 3.63) is 59.7 Å². The summed E-state index contributed by atoms with van der Waals surface area (Å²) in [6, 6.07) is 14.7. The van der Waals surface area contributed by atoms with E-state index in [2.05, 4.69) is 22.3 Å². The number of nitrogens with one attached hydrogen (secondary N) is 1. The first-order valence-electron chi connectivity index (χ1n) is 10.5. The van der Waals surface area contributed by atoms with Crippen molar-refractivity contribution >= 4 is 21.6 Å². The summed E-state index contributed by atoms with van der Waals surface area (Å²) in [7, 11) is -3.91. The molecule has 2 fully saturated rings. The normalized spacial score (nSPS) is 20.0. The maximum atomic E-state index is 13.2. The Morgan fingerprint density at radius 2 is 1.84 bits per heavy atom. The van der Waals surface area contributed by atoms with Gasteiger partial charge >= 0.3 is 0 Å². The molecule has 2 aliphatic rings. The Hall–Kier alpha value is -2.46. The molecule has 1 unspecified atom stereocenters. The summed E-state index contributed by atoms with van der Waals surface area (Å²) in [4.78, 5) is 17.5. The number of primary sulfonamides is 1. The maximum absolute atomic E-state index is 13.2. The molecule has 0 aromatic heterocycles. The summed E-state index contributed by atoms with van der Waals surface area (Å²) < 4.78 is 29.1. The van der Waals surface area contributed by atoms with Gasteiger partial charge in [-0.15, -0.1) is 0 Å². The van der Waals surface area contributed by atoms with E-state index in [9.17, 15) is 13.2 Å². The maximum Gasteiger partial charge on any atom is 0.253 e. The number of benzene rings is 2. The summed E-state index contributed by atoms with van der Waals surface area (Å²) in [5, 5.41) is 8.40. The summed E-state index contributed by atoms with van der Waals surface area (Å²) >= 11 is 0. The monoisotopic (exact) mass is 444 g/mol. The predicted octanol–water partition coefficient (Wildman–Crippen LogP) is 1.17. The molecule has 0 radical (unpaired) electrons. The van der Waals surface area contributed by atoms with Crippen molar-refractivity contribution in [3.63, 3.8) is 0 Å². The highest BCUT2D eigenvalue weighted by Gasteiger charge is 2.27. The Kier molecular flexibility index (Phi) is 6.57. The summed E-state index contributed by atoms with van der Waals surface area (Å²) in [5.41, 5.74) is 2.27. The van der Waals surface area contributed by atoms with Gasteiger partial charge in [0.1, 0.15) is 0 Å². The average molecular weight is 445 g/mol. The van der Waals surface area contributed by atoms with E-state index < -0.39 is 10.0 Å². The van der Waals surface area contributed by atoms with Crippen molar-refractivity contribution in [2.45, 2.75) is 23.9 Å². The molecule has 9 heteroatoms. The number of hydrogen-bond acceptors (Lipinski definition) is 6. The number of carbonyl (C=O) groups is 1. The molecule has 3 N–H and O–H groups in total. The smallest absolute Gasteiger partial charge is 0.253 e. The first-order valence-corrected chi connectivity index (χ1v) is 12.0. The van der Waals surface area contributed by atoms with Gasteiger partial charge in [0.25, 0.3) is 5.91 Å². The topological polar surface area (TPSA) is 105 Å². The fraction of sp³-hybridized carbons (Fsp3) is 0.409. The molecular weight excluding hydrogens is 416 g/mol. The number of nitrogens with zero attached hydrogens (tertiary/aromatic N) is 2. The first-order chi connectivity index (χ1) is 14.9. The zero-order chi connectivity index (χ0) is 21.8. The number of nitrogens with two attached hydrogens (primary N) is 1. The van der Waals surface area contributed by atoms with E-state index >= 15 is 0 Å². The minimum absolute atomic E-state index is 0.00638. The molecule has 2 heterocycles. The number of likely N-dealkylation sites (tertiary alicyclic amines) is 1. The van der Waals surface area contributed by atoms with Gasteiger partial charge in [0.05, 0.1) is 23.7 Å². The average Bonchev–Trinajstić information content (AvgIpc) is 3.20. The SMILES string of the molecule is NS(=O)(=O)c1ccc(N2CCOCC2)c(C(=O)NC2CCN(Cc3ccccc3)C2)c1. The lowest BCUT2D eigenvalue weighted by Gasteiger charge is -2.30. The Morgan fingerprint density at radius 3 is 2.55 bits per heavy atom. The Balaban J connectivity index is 1.49. The number of amides is 1. The number of ether oxygens (including phenoxy) is 1. The van der Waals surface area contributed by atoms with Crippen molar-refractivity contribution in [3.8, 4) is 0 Å². The molecule has 1 atom stereocenters. The molecule has 2 aromatic carbocycles. The summed E-state index contributed by atoms with van der Waals surface area (Å²) in [6.07, 6.45) is 0.848. The van der Waals surface area contributed by atoms with Crippen LogP contribution in [0.2, 0.25) is 0 Å². The van der Waals surface area contributed by atoms with E-state index in [0.29, 0.717) is 37.6 Å². The lowest BCUT2D eigenvalue weighted by Crippen LogP contribution is -2.40. The van der Waals surface area contributed by atoms with E-state index in [1.54, 1.807) is 6.07 Å². The van der Waals surface area contributed by atoms with Crippen molar-refractivity contribution < 1.29 is 17.9 Å². The second-order valence-electron chi connectivity index (χ2n) is 8.00. The van der Waals surface area contributed by atoms with Gasteiger partial charge in [0, 0.05) is 44.5 Å². The van der Waals surface area contributed by atoms with Crippen molar-refractivity contribution in [2.24, 2.45) is 5.14 Å². The quantitative estimate of drug-likeness (QED) is 0.693. The number of morpholine rings is 1. The van der Waals surface area contributed by atoms with Crippen LogP contribution < -0.4 is 15.4 Å². The van der Waals surface area contributed by atoms with E-state index in [4.69, 9.17) is 9.88 Å². The molecule has 1 amide bonds. The largest absolute Gasteiger partial charge is 0.378 e. The summed E-state index contributed by atoms with van der Waals surface area (Å²) in [5.74, 6) is -0.279. The molecule has 4 rings (SSSR count). The fourth-order valence-electron chi connectivity index (χ4n) is 4.15. The third-order valence-corrected chi connectivity index (χ3v) is 6.66. The van der Waals surface area contributed by atoms with E-state index in [0.717, 1.165) is 26.1 Å². The lowest BCUT2D eigenvalue weighted by molar-refractivity contribution is 0.0936. The van der Waals surface area contributed by atoms with E-state index in [1.807, 2.05) is 23.1 Å².